The fourth-order valence-electron chi connectivity index (χ4n) is 1.20. The van der Waals surface area contributed by atoms with Crippen LogP contribution in [0.3, 0.4) is 0 Å². The zero-order chi connectivity index (χ0) is 9.68. The van der Waals surface area contributed by atoms with E-state index in [9.17, 15) is 0 Å². The van der Waals surface area contributed by atoms with Crippen molar-refractivity contribution in [1.82, 2.24) is 0 Å². The van der Waals surface area contributed by atoms with Gasteiger partial charge in [0.25, 0.3) is 0 Å². The summed E-state index contributed by atoms with van der Waals surface area (Å²) >= 11 is 4.58. The first-order valence-corrected chi connectivity index (χ1v) is 4.54. The maximum Gasteiger partial charge on any atom is 0.1000 e. The number of hydrogen-bond acceptors (Lipinski definition) is 3. The van der Waals surface area contributed by atoms with Gasteiger partial charge in [0.1, 0.15) is 0 Å². The van der Waals surface area contributed by atoms with Crippen molar-refractivity contribution in [3.8, 4) is 0 Å². The third-order valence-electron chi connectivity index (χ3n) is 1.83. The van der Waals surface area contributed by atoms with Crippen LogP contribution in [0.25, 0.3) is 0 Å². The van der Waals surface area contributed by atoms with E-state index in [1.807, 2.05) is 37.3 Å². The fourth-order valence-corrected chi connectivity index (χ4v) is 1.32. The molecule has 0 spiro atoms. The van der Waals surface area contributed by atoms with Gasteiger partial charge in [-0.15, -0.1) is 0 Å². The number of isothiocyanates is 1. The molecule has 0 saturated heterocycles. The number of benzene rings is 1. The summed E-state index contributed by atoms with van der Waals surface area (Å²) in [4.78, 5) is 4.03. The van der Waals surface area contributed by atoms with E-state index in [0.29, 0.717) is 0 Å². The van der Waals surface area contributed by atoms with Crippen LogP contribution in [0.2, 0.25) is 0 Å². The van der Waals surface area contributed by atoms with Crippen molar-refractivity contribution in [1.29, 1.82) is 0 Å². The lowest BCUT2D eigenvalue weighted by molar-refractivity contribution is 0.595. The van der Waals surface area contributed by atoms with Crippen molar-refractivity contribution in [2.75, 3.05) is 0 Å². The predicted molar refractivity (Wildman–Crippen MR) is 57.9 cm³/mol. The zero-order valence-corrected chi connectivity index (χ0v) is 8.29. The monoisotopic (exact) mass is 192 g/mol. The third-order valence-corrected chi connectivity index (χ3v) is 1.94. The minimum Gasteiger partial charge on any atom is -0.326 e. The highest BCUT2D eigenvalue weighted by molar-refractivity contribution is 7.78. The van der Waals surface area contributed by atoms with Gasteiger partial charge in [-0.25, -0.2) is 4.99 Å². The molecule has 0 radical (unpaired) electrons. The summed E-state index contributed by atoms with van der Waals surface area (Å²) in [6.07, 6.45) is 0. The van der Waals surface area contributed by atoms with Gasteiger partial charge in [0.05, 0.1) is 11.2 Å². The maximum atomic E-state index is 5.77. The summed E-state index contributed by atoms with van der Waals surface area (Å²) < 4.78 is 0. The number of rotatable bonds is 3. The number of nitrogens with two attached hydrogens (primary N) is 1. The Morgan fingerprint density at radius 2 is 2.00 bits per heavy atom. The Labute approximate surface area is 83.5 Å². The molecule has 0 amide bonds. The van der Waals surface area contributed by atoms with Gasteiger partial charge in [-0.2, -0.15) is 0 Å². The molecular weight excluding hydrogens is 180 g/mol. The summed E-state index contributed by atoms with van der Waals surface area (Å²) in [5.41, 5.74) is 6.85. The molecule has 1 rings (SSSR count). The topological polar surface area (TPSA) is 38.4 Å². The molecule has 0 aromatic heterocycles. The first-order valence-electron chi connectivity index (χ1n) is 4.13. The number of hydrogen-bond donors (Lipinski definition) is 1. The molecule has 0 saturated carbocycles. The Morgan fingerprint density at radius 3 is 2.46 bits per heavy atom. The van der Waals surface area contributed by atoms with Crippen LogP contribution in [0.15, 0.2) is 35.3 Å². The largest absolute Gasteiger partial charge is 0.326 e. The Hall–Kier alpha value is -1.02. The summed E-state index contributed by atoms with van der Waals surface area (Å²) in [7, 11) is 0. The number of nitrogens with zero attached hydrogens (tertiary/aromatic N) is 1. The maximum absolute atomic E-state index is 5.77. The molecule has 1 aromatic rings. The van der Waals surface area contributed by atoms with Gasteiger partial charge in [0.2, 0.25) is 0 Å². The highest BCUT2D eigenvalue weighted by atomic mass is 32.1. The van der Waals surface area contributed by atoms with E-state index in [-0.39, 0.29) is 12.1 Å². The lowest BCUT2D eigenvalue weighted by Gasteiger charge is -2.14. The average Bonchev–Trinajstić information content (AvgIpc) is 2.15. The minimum absolute atomic E-state index is 0.0437. The second-order valence-electron chi connectivity index (χ2n) is 2.94. The van der Waals surface area contributed by atoms with Gasteiger partial charge < -0.3 is 5.73 Å². The van der Waals surface area contributed by atoms with Crippen molar-refractivity contribution in [3.63, 3.8) is 0 Å². The van der Waals surface area contributed by atoms with Gasteiger partial charge in [-0.1, -0.05) is 30.3 Å². The predicted octanol–water partition coefficient (Wildman–Crippen LogP) is 2.18. The third kappa shape index (κ3) is 2.74. The van der Waals surface area contributed by atoms with Gasteiger partial charge in [0, 0.05) is 6.04 Å². The van der Waals surface area contributed by atoms with Gasteiger partial charge in [0.15, 0.2) is 0 Å². The molecule has 0 fully saturated rings. The number of thiocarbonyl (C=S) groups is 1. The molecule has 0 bridgehead atoms. The van der Waals surface area contributed by atoms with Gasteiger partial charge >= 0.3 is 0 Å². The van der Waals surface area contributed by atoms with Crippen molar-refractivity contribution in [3.05, 3.63) is 35.9 Å². The first-order chi connectivity index (χ1) is 6.25. The second kappa shape index (κ2) is 4.87. The molecule has 0 aliphatic carbocycles. The summed E-state index contributed by atoms with van der Waals surface area (Å²) in [6.45, 7) is 1.91. The van der Waals surface area contributed by atoms with Crippen molar-refractivity contribution in [2.45, 2.75) is 19.0 Å². The van der Waals surface area contributed by atoms with E-state index in [2.05, 4.69) is 22.4 Å². The summed E-state index contributed by atoms with van der Waals surface area (Å²) in [5, 5.41) is 2.38. The van der Waals surface area contributed by atoms with Crippen LogP contribution in [0, 0.1) is 0 Å². The Morgan fingerprint density at radius 1 is 1.38 bits per heavy atom. The lowest BCUT2D eigenvalue weighted by atomic mass is 10.0. The SMILES string of the molecule is CC(N)C(N=C=S)c1ccccc1. The molecular formula is C10H12N2S. The molecule has 13 heavy (non-hydrogen) atoms. The van der Waals surface area contributed by atoms with Gasteiger partial charge in [-0.05, 0) is 24.7 Å². The van der Waals surface area contributed by atoms with Crippen LogP contribution in [0.5, 0.6) is 0 Å². The molecule has 2 atom stereocenters. The van der Waals surface area contributed by atoms with E-state index in [1.54, 1.807) is 0 Å². The van der Waals surface area contributed by atoms with Crippen LogP contribution in [0.4, 0.5) is 0 Å². The highest BCUT2D eigenvalue weighted by Gasteiger charge is 2.13. The molecule has 1 aromatic carbocycles. The molecule has 0 aliphatic heterocycles. The van der Waals surface area contributed by atoms with E-state index in [0.717, 1.165) is 5.56 Å². The molecule has 0 heterocycles. The van der Waals surface area contributed by atoms with Gasteiger partial charge in [-0.3, -0.25) is 0 Å². The minimum atomic E-state index is -0.0706. The van der Waals surface area contributed by atoms with E-state index in [1.165, 1.54) is 0 Å². The van der Waals surface area contributed by atoms with Crippen LogP contribution in [0.1, 0.15) is 18.5 Å². The molecule has 0 aliphatic rings. The second-order valence-corrected chi connectivity index (χ2v) is 3.12. The van der Waals surface area contributed by atoms with Crippen LogP contribution in [-0.2, 0) is 0 Å². The Kier molecular flexibility index (Phi) is 3.77. The summed E-state index contributed by atoms with van der Waals surface area (Å²) in [6, 6.07) is 9.75. The van der Waals surface area contributed by atoms with E-state index >= 15 is 0 Å². The quantitative estimate of drug-likeness (QED) is 0.589. The normalized spacial score (nSPS) is 14.3. The highest BCUT2D eigenvalue weighted by Crippen LogP contribution is 2.18. The van der Waals surface area contributed by atoms with Crippen molar-refractivity contribution >= 4 is 17.4 Å². The average molecular weight is 192 g/mol. The smallest absolute Gasteiger partial charge is 0.1000 e. The molecule has 2 N–H and O–H groups in total. The first kappa shape index (κ1) is 10.1. The standard InChI is InChI=1S/C10H12N2S/c1-8(11)10(12-7-13)9-5-3-2-4-6-9/h2-6,8,10H,11H2,1H3. The van der Waals surface area contributed by atoms with E-state index in [4.69, 9.17) is 5.73 Å². The number of aliphatic imine (C=N–C) groups is 1. The van der Waals surface area contributed by atoms with Crippen molar-refractivity contribution in [2.24, 2.45) is 10.7 Å². The zero-order valence-electron chi connectivity index (χ0n) is 7.47. The van der Waals surface area contributed by atoms with E-state index < -0.39 is 0 Å². The Bertz CT molecular complexity index is 302. The van der Waals surface area contributed by atoms with Crippen LogP contribution < -0.4 is 5.73 Å². The fraction of sp³-hybridized carbons (Fsp3) is 0.300. The Balaban J connectivity index is 2.95. The molecule has 2 nitrogen and oxygen atoms in total. The van der Waals surface area contributed by atoms with Crippen LogP contribution in [-0.4, -0.2) is 11.2 Å². The molecule has 2 unspecified atom stereocenters. The summed E-state index contributed by atoms with van der Waals surface area (Å²) in [5.74, 6) is 0. The lowest BCUT2D eigenvalue weighted by Crippen LogP contribution is -2.23. The molecule has 68 valence electrons. The van der Waals surface area contributed by atoms with Crippen molar-refractivity contribution < 1.29 is 0 Å². The molecule has 3 heteroatoms. The van der Waals surface area contributed by atoms with Crippen LogP contribution >= 0.6 is 12.2 Å².